The molecule has 33 heavy (non-hydrogen) atoms. The third-order valence-electron chi connectivity index (χ3n) is 5.21. The lowest BCUT2D eigenvalue weighted by Crippen LogP contribution is -2.40. The molecule has 8 heteroatoms. The second-order valence-corrected chi connectivity index (χ2v) is 8.84. The summed E-state index contributed by atoms with van der Waals surface area (Å²) in [6.45, 7) is 9.96. The summed E-state index contributed by atoms with van der Waals surface area (Å²) in [5.74, 6) is -0.399. The molecule has 0 unspecified atom stereocenters. The Hall–Kier alpha value is -3.68. The number of urea groups is 1. The highest BCUT2D eigenvalue weighted by atomic mass is 19.1. The van der Waals surface area contributed by atoms with E-state index in [1.165, 1.54) is 17.0 Å². The van der Waals surface area contributed by atoms with E-state index >= 15 is 0 Å². The molecule has 1 aromatic heterocycles. The predicted octanol–water partition coefficient (Wildman–Crippen LogP) is 5.11. The van der Waals surface area contributed by atoms with E-state index in [0.29, 0.717) is 5.82 Å². The number of nitrogens with zero attached hydrogens (tertiary/aromatic N) is 3. The largest absolute Gasteiger partial charge is 0.322 e. The van der Waals surface area contributed by atoms with Gasteiger partial charge in [0, 0.05) is 18.0 Å². The van der Waals surface area contributed by atoms with Crippen molar-refractivity contribution in [1.29, 1.82) is 0 Å². The van der Waals surface area contributed by atoms with E-state index in [1.807, 2.05) is 37.3 Å². The van der Waals surface area contributed by atoms with Crippen LogP contribution in [0.4, 0.5) is 20.7 Å². The Balaban J connectivity index is 1.80. The number of benzene rings is 2. The topological polar surface area (TPSA) is 79.3 Å². The molecule has 0 spiro atoms. The van der Waals surface area contributed by atoms with Crippen molar-refractivity contribution in [3.8, 4) is 5.69 Å². The summed E-state index contributed by atoms with van der Waals surface area (Å²) in [6.07, 6.45) is 0. The molecule has 0 atom stereocenters. The lowest BCUT2D eigenvalue weighted by molar-refractivity contribution is -0.116. The fourth-order valence-corrected chi connectivity index (χ4v) is 3.26. The average Bonchev–Trinajstić information content (AvgIpc) is 3.18. The molecule has 0 aliphatic carbocycles. The Morgan fingerprint density at radius 2 is 1.73 bits per heavy atom. The van der Waals surface area contributed by atoms with Gasteiger partial charge in [0.2, 0.25) is 5.91 Å². The number of nitrogens with one attached hydrogen (secondary N) is 2. The molecule has 1 heterocycles. The van der Waals surface area contributed by atoms with Gasteiger partial charge in [-0.25, -0.2) is 13.9 Å². The van der Waals surface area contributed by atoms with Crippen molar-refractivity contribution in [2.24, 2.45) is 0 Å². The summed E-state index contributed by atoms with van der Waals surface area (Å²) in [5, 5.41) is 10.1. The SMILES string of the molecule is CCN(CC(=O)Nc1cc(C(C)(C)C)nn1-c1ccccc1C)C(=O)Nc1ccccc1F. The number of para-hydroxylation sites is 2. The normalized spacial score (nSPS) is 11.2. The van der Waals surface area contributed by atoms with Crippen molar-refractivity contribution in [2.45, 2.75) is 40.0 Å². The molecular weight excluding hydrogens is 421 g/mol. The highest BCUT2D eigenvalue weighted by Gasteiger charge is 2.23. The van der Waals surface area contributed by atoms with Crippen LogP contribution in [0, 0.1) is 12.7 Å². The van der Waals surface area contributed by atoms with Gasteiger partial charge in [0.1, 0.15) is 18.2 Å². The van der Waals surface area contributed by atoms with Crippen LogP contribution in [-0.4, -0.2) is 39.7 Å². The van der Waals surface area contributed by atoms with E-state index < -0.39 is 11.8 Å². The van der Waals surface area contributed by atoms with E-state index in [9.17, 15) is 14.0 Å². The van der Waals surface area contributed by atoms with Gasteiger partial charge in [0.15, 0.2) is 0 Å². The summed E-state index contributed by atoms with van der Waals surface area (Å²) in [5.41, 5.74) is 2.53. The second-order valence-electron chi connectivity index (χ2n) is 8.84. The number of likely N-dealkylation sites (N-methyl/N-ethyl adjacent to an activating group) is 1. The Kier molecular flexibility index (Phi) is 7.16. The number of rotatable bonds is 6. The minimum Gasteiger partial charge on any atom is -0.315 e. The van der Waals surface area contributed by atoms with Crippen LogP contribution in [0.2, 0.25) is 0 Å². The van der Waals surface area contributed by atoms with Crippen LogP contribution in [0.1, 0.15) is 39.0 Å². The number of amides is 3. The number of carbonyl (C=O) groups is 2. The highest BCUT2D eigenvalue weighted by molar-refractivity contribution is 5.96. The maximum atomic E-state index is 13.9. The standard InChI is InChI=1S/C25H30FN5O2/c1-6-30(24(33)27-19-13-9-8-12-18(19)26)16-23(32)28-22-15-21(25(3,4)5)29-31(22)20-14-10-7-11-17(20)2/h7-15H,6,16H2,1-5H3,(H,27,33)(H,28,32). The molecule has 0 saturated carbocycles. The number of hydrogen-bond donors (Lipinski definition) is 2. The third-order valence-corrected chi connectivity index (χ3v) is 5.21. The van der Waals surface area contributed by atoms with Gasteiger partial charge >= 0.3 is 6.03 Å². The molecule has 2 N–H and O–H groups in total. The zero-order valence-electron chi connectivity index (χ0n) is 19.6. The number of hydrogen-bond acceptors (Lipinski definition) is 3. The number of anilines is 2. The van der Waals surface area contributed by atoms with E-state index in [2.05, 4.69) is 31.4 Å². The van der Waals surface area contributed by atoms with Gasteiger partial charge in [0.25, 0.3) is 0 Å². The van der Waals surface area contributed by atoms with E-state index in [1.54, 1.807) is 23.7 Å². The number of carbonyl (C=O) groups excluding carboxylic acids is 2. The smallest absolute Gasteiger partial charge is 0.315 e. The molecule has 2 aromatic carbocycles. The summed E-state index contributed by atoms with van der Waals surface area (Å²) in [7, 11) is 0. The van der Waals surface area contributed by atoms with E-state index in [-0.39, 0.29) is 30.1 Å². The molecule has 0 aliphatic heterocycles. The first-order chi connectivity index (χ1) is 15.6. The molecule has 0 aliphatic rings. The van der Waals surface area contributed by atoms with Gasteiger partial charge in [-0.15, -0.1) is 0 Å². The first-order valence-electron chi connectivity index (χ1n) is 10.9. The van der Waals surface area contributed by atoms with Crippen LogP contribution >= 0.6 is 0 Å². The average molecular weight is 452 g/mol. The number of aryl methyl sites for hydroxylation is 1. The van der Waals surface area contributed by atoms with Crippen molar-refractivity contribution in [3.05, 3.63) is 71.7 Å². The predicted molar refractivity (Wildman–Crippen MR) is 128 cm³/mol. The van der Waals surface area contributed by atoms with E-state index in [0.717, 1.165) is 16.9 Å². The summed E-state index contributed by atoms with van der Waals surface area (Å²) in [6, 6.07) is 15.0. The summed E-state index contributed by atoms with van der Waals surface area (Å²) < 4.78 is 15.6. The van der Waals surface area contributed by atoms with Crippen molar-refractivity contribution >= 4 is 23.4 Å². The lowest BCUT2D eigenvalue weighted by Gasteiger charge is -2.21. The second kappa shape index (κ2) is 9.85. The molecule has 3 amide bonds. The van der Waals surface area contributed by atoms with Gasteiger partial charge in [-0.3, -0.25) is 4.79 Å². The van der Waals surface area contributed by atoms with Crippen LogP contribution in [0.15, 0.2) is 54.6 Å². The van der Waals surface area contributed by atoms with Crippen LogP contribution < -0.4 is 10.6 Å². The van der Waals surface area contributed by atoms with Crippen molar-refractivity contribution in [1.82, 2.24) is 14.7 Å². The van der Waals surface area contributed by atoms with Gasteiger partial charge in [-0.1, -0.05) is 51.1 Å². The molecule has 0 saturated heterocycles. The Bertz CT molecular complexity index is 1150. The zero-order valence-corrected chi connectivity index (χ0v) is 19.6. The quantitative estimate of drug-likeness (QED) is 0.547. The summed E-state index contributed by atoms with van der Waals surface area (Å²) >= 11 is 0. The molecular formula is C25H30FN5O2. The van der Waals surface area contributed by atoms with Gasteiger partial charge in [-0.05, 0) is 37.6 Å². The van der Waals surface area contributed by atoms with Crippen LogP contribution in [0.3, 0.4) is 0 Å². The maximum absolute atomic E-state index is 13.9. The molecule has 0 radical (unpaired) electrons. The van der Waals surface area contributed by atoms with Crippen molar-refractivity contribution in [2.75, 3.05) is 23.7 Å². The first-order valence-corrected chi connectivity index (χ1v) is 10.9. The Morgan fingerprint density at radius 3 is 2.36 bits per heavy atom. The van der Waals surface area contributed by atoms with Gasteiger partial charge in [0.05, 0.1) is 17.1 Å². The number of halogens is 1. The minimum absolute atomic E-state index is 0.0637. The molecule has 3 rings (SSSR count). The molecule has 7 nitrogen and oxygen atoms in total. The van der Waals surface area contributed by atoms with Crippen molar-refractivity contribution in [3.63, 3.8) is 0 Å². The third kappa shape index (κ3) is 5.77. The van der Waals surface area contributed by atoms with Gasteiger partial charge < -0.3 is 15.5 Å². The van der Waals surface area contributed by atoms with Crippen LogP contribution in [0.25, 0.3) is 5.69 Å². The zero-order chi connectivity index (χ0) is 24.2. The van der Waals surface area contributed by atoms with E-state index in [4.69, 9.17) is 5.10 Å². The lowest BCUT2D eigenvalue weighted by atomic mass is 9.92. The Morgan fingerprint density at radius 1 is 1.06 bits per heavy atom. The fourth-order valence-electron chi connectivity index (χ4n) is 3.26. The maximum Gasteiger partial charge on any atom is 0.322 e. The van der Waals surface area contributed by atoms with Gasteiger partial charge in [-0.2, -0.15) is 5.10 Å². The monoisotopic (exact) mass is 451 g/mol. The number of aromatic nitrogens is 2. The molecule has 3 aromatic rings. The molecule has 0 fully saturated rings. The molecule has 174 valence electrons. The fraction of sp³-hybridized carbons (Fsp3) is 0.320. The van der Waals surface area contributed by atoms with Crippen LogP contribution in [-0.2, 0) is 10.2 Å². The minimum atomic E-state index is -0.555. The van der Waals surface area contributed by atoms with Crippen molar-refractivity contribution < 1.29 is 14.0 Å². The highest BCUT2D eigenvalue weighted by Crippen LogP contribution is 2.27. The summed E-state index contributed by atoms with van der Waals surface area (Å²) in [4.78, 5) is 26.8. The Labute approximate surface area is 193 Å². The van der Waals surface area contributed by atoms with Crippen LogP contribution in [0.5, 0.6) is 0 Å². The first kappa shape index (κ1) is 24.0. The molecule has 0 bridgehead atoms.